The van der Waals surface area contributed by atoms with Crippen molar-refractivity contribution in [2.75, 3.05) is 6.54 Å². The molecule has 3 rings (SSSR count). The summed E-state index contributed by atoms with van der Waals surface area (Å²) in [4.78, 5) is 8.95. The highest BCUT2D eigenvalue weighted by Crippen LogP contribution is 2.38. The van der Waals surface area contributed by atoms with E-state index in [2.05, 4.69) is 39.9 Å². The molecule has 4 heteroatoms. The van der Waals surface area contributed by atoms with Crippen molar-refractivity contribution in [3.8, 4) is 0 Å². The van der Waals surface area contributed by atoms with Gasteiger partial charge in [0, 0.05) is 31.1 Å². The molecule has 0 fully saturated rings. The van der Waals surface area contributed by atoms with Gasteiger partial charge >= 0.3 is 0 Å². The molecular weight excluding hydrogens is 248 g/mol. The number of fused-ring (bicyclic) bond motifs is 1. The average Bonchev–Trinajstić information content (AvgIpc) is 2.90. The van der Waals surface area contributed by atoms with Crippen LogP contribution in [0, 0.1) is 0 Å². The molecule has 0 radical (unpaired) electrons. The predicted molar refractivity (Wildman–Crippen MR) is 79.5 cm³/mol. The number of hydrogen-bond donors (Lipinski definition) is 1. The molecule has 0 saturated heterocycles. The van der Waals surface area contributed by atoms with Gasteiger partial charge in [0.05, 0.1) is 18.1 Å². The zero-order valence-corrected chi connectivity index (χ0v) is 12.2. The lowest BCUT2D eigenvalue weighted by Crippen LogP contribution is -2.31. The summed E-state index contributed by atoms with van der Waals surface area (Å²) in [5, 5.41) is 3.64. The summed E-state index contributed by atoms with van der Waals surface area (Å²) in [6.07, 6.45) is 9.36. The fourth-order valence-corrected chi connectivity index (χ4v) is 3.31. The van der Waals surface area contributed by atoms with Crippen molar-refractivity contribution in [2.24, 2.45) is 7.05 Å². The van der Waals surface area contributed by atoms with Crippen molar-refractivity contribution in [3.05, 3.63) is 47.8 Å². The Labute approximate surface area is 120 Å². The van der Waals surface area contributed by atoms with Crippen LogP contribution in [0.15, 0.2) is 30.9 Å². The molecule has 1 aliphatic rings. The molecule has 1 aliphatic carbocycles. The molecule has 4 nitrogen and oxygen atoms in total. The average molecular weight is 270 g/mol. The highest BCUT2D eigenvalue weighted by molar-refractivity contribution is 5.29. The Kier molecular flexibility index (Phi) is 3.83. The largest absolute Gasteiger partial charge is 0.336 e. The summed E-state index contributed by atoms with van der Waals surface area (Å²) in [5.74, 6) is 0.440. The van der Waals surface area contributed by atoms with Gasteiger partial charge in [-0.3, -0.25) is 4.98 Å². The molecule has 1 N–H and O–H groups in total. The molecule has 2 aromatic rings. The van der Waals surface area contributed by atoms with Crippen LogP contribution >= 0.6 is 0 Å². The minimum absolute atomic E-state index is 0.293. The number of imidazole rings is 1. The number of aromatic nitrogens is 3. The van der Waals surface area contributed by atoms with Crippen molar-refractivity contribution < 1.29 is 0 Å². The molecular formula is C16H22N4. The van der Waals surface area contributed by atoms with Crippen LogP contribution < -0.4 is 5.32 Å². The zero-order chi connectivity index (χ0) is 13.9. The van der Waals surface area contributed by atoms with Gasteiger partial charge in [0.2, 0.25) is 0 Å². The molecule has 0 amide bonds. The fourth-order valence-electron chi connectivity index (χ4n) is 3.31. The Morgan fingerprint density at radius 1 is 1.50 bits per heavy atom. The highest BCUT2D eigenvalue weighted by atomic mass is 15.1. The van der Waals surface area contributed by atoms with Crippen LogP contribution in [0.1, 0.15) is 48.7 Å². The first kappa shape index (κ1) is 13.3. The molecule has 20 heavy (non-hydrogen) atoms. The Morgan fingerprint density at radius 3 is 3.15 bits per heavy atom. The molecule has 0 saturated carbocycles. The van der Waals surface area contributed by atoms with E-state index in [1.54, 1.807) is 0 Å². The van der Waals surface area contributed by atoms with Gasteiger partial charge in [-0.2, -0.15) is 0 Å². The third-order valence-electron chi connectivity index (χ3n) is 4.24. The monoisotopic (exact) mass is 270 g/mol. The molecule has 106 valence electrons. The number of rotatable bonds is 4. The Bertz CT molecular complexity index is 575. The number of likely N-dealkylation sites (N-methyl/N-ethyl adjacent to an activating group) is 1. The first-order chi connectivity index (χ1) is 9.81. The maximum Gasteiger partial charge on any atom is 0.0946 e. The second-order valence-electron chi connectivity index (χ2n) is 5.51. The van der Waals surface area contributed by atoms with E-state index >= 15 is 0 Å². The second kappa shape index (κ2) is 5.75. The smallest absolute Gasteiger partial charge is 0.0946 e. The number of nitrogens with zero attached hydrogens (tertiary/aromatic N) is 3. The lowest BCUT2D eigenvalue weighted by Gasteiger charge is -2.32. The Hall–Kier alpha value is -1.68. The topological polar surface area (TPSA) is 42.7 Å². The van der Waals surface area contributed by atoms with Crippen molar-refractivity contribution in [1.82, 2.24) is 19.9 Å². The van der Waals surface area contributed by atoms with E-state index < -0.39 is 0 Å². The molecule has 2 heterocycles. The Balaban J connectivity index is 1.99. The first-order valence-electron chi connectivity index (χ1n) is 7.44. The minimum atomic E-state index is 0.293. The van der Waals surface area contributed by atoms with E-state index in [0.717, 1.165) is 13.0 Å². The lowest BCUT2D eigenvalue weighted by atomic mass is 9.81. The van der Waals surface area contributed by atoms with Crippen molar-refractivity contribution >= 4 is 0 Å². The van der Waals surface area contributed by atoms with Crippen LogP contribution in [0.25, 0.3) is 0 Å². The summed E-state index contributed by atoms with van der Waals surface area (Å²) >= 11 is 0. The third kappa shape index (κ3) is 2.36. The highest BCUT2D eigenvalue weighted by Gasteiger charge is 2.31. The summed E-state index contributed by atoms with van der Waals surface area (Å²) in [5.41, 5.74) is 3.93. The van der Waals surface area contributed by atoms with E-state index in [0.29, 0.717) is 12.0 Å². The quantitative estimate of drug-likeness (QED) is 0.928. The van der Waals surface area contributed by atoms with Crippen molar-refractivity contribution in [3.63, 3.8) is 0 Å². The Morgan fingerprint density at radius 2 is 2.40 bits per heavy atom. The minimum Gasteiger partial charge on any atom is -0.336 e. The molecule has 2 unspecified atom stereocenters. The van der Waals surface area contributed by atoms with Crippen LogP contribution in [0.3, 0.4) is 0 Å². The number of hydrogen-bond acceptors (Lipinski definition) is 3. The van der Waals surface area contributed by atoms with Gasteiger partial charge in [-0.15, -0.1) is 0 Å². The fraction of sp³-hybridized carbons (Fsp3) is 0.500. The van der Waals surface area contributed by atoms with E-state index in [-0.39, 0.29) is 0 Å². The normalized spacial score (nSPS) is 19.6. The third-order valence-corrected chi connectivity index (χ3v) is 4.24. The maximum absolute atomic E-state index is 4.67. The van der Waals surface area contributed by atoms with E-state index in [1.165, 1.54) is 29.8 Å². The molecule has 0 spiro atoms. The van der Waals surface area contributed by atoms with Crippen LogP contribution in [-0.4, -0.2) is 21.1 Å². The molecule has 0 aliphatic heterocycles. The van der Waals surface area contributed by atoms with Gasteiger partial charge in [-0.1, -0.05) is 13.0 Å². The maximum atomic E-state index is 4.67. The molecule has 0 aromatic carbocycles. The molecule has 2 aromatic heterocycles. The first-order valence-corrected chi connectivity index (χ1v) is 7.44. The van der Waals surface area contributed by atoms with Gasteiger partial charge in [0.1, 0.15) is 0 Å². The van der Waals surface area contributed by atoms with Gasteiger partial charge in [-0.05, 0) is 37.4 Å². The number of pyridine rings is 1. The van der Waals surface area contributed by atoms with Gasteiger partial charge < -0.3 is 9.88 Å². The van der Waals surface area contributed by atoms with E-state index in [4.69, 9.17) is 0 Å². The van der Waals surface area contributed by atoms with E-state index in [9.17, 15) is 0 Å². The van der Waals surface area contributed by atoms with Crippen molar-refractivity contribution in [1.29, 1.82) is 0 Å². The van der Waals surface area contributed by atoms with Crippen LogP contribution in [0.4, 0.5) is 0 Å². The second-order valence-corrected chi connectivity index (χ2v) is 5.51. The zero-order valence-electron chi connectivity index (χ0n) is 12.2. The summed E-state index contributed by atoms with van der Waals surface area (Å²) in [7, 11) is 2.06. The van der Waals surface area contributed by atoms with Crippen LogP contribution in [0.2, 0.25) is 0 Å². The van der Waals surface area contributed by atoms with Crippen molar-refractivity contribution in [2.45, 2.75) is 38.1 Å². The van der Waals surface area contributed by atoms with Gasteiger partial charge in [0.15, 0.2) is 0 Å². The lowest BCUT2D eigenvalue weighted by molar-refractivity contribution is 0.387. The SMILES string of the molecule is CCNC(c1cncn1C)C1CCCc2cccnc21. The van der Waals surface area contributed by atoms with E-state index in [1.807, 2.05) is 24.8 Å². The summed E-state index contributed by atoms with van der Waals surface area (Å²) in [6.45, 7) is 3.11. The summed E-state index contributed by atoms with van der Waals surface area (Å²) in [6, 6.07) is 4.57. The van der Waals surface area contributed by atoms with Crippen LogP contribution in [-0.2, 0) is 13.5 Å². The molecule has 0 bridgehead atoms. The summed E-state index contributed by atoms with van der Waals surface area (Å²) < 4.78 is 2.12. The predicted octanol–water partition coefficient (Wildman–Crippen LogP) is 2.59. The van der Waals surface area contributed by atoms with Gasteiger partial charge in [0.25, 0.3) is 0 Å². The van der Waals surface area contributed by atoms with Gasteiger partial charge in [-0.25, -0.2) is 4.98 Å². The number of aryl methyl sites for hydroxylation is 2. The number of nitrogens with one attached hydrogen (secondary N) is 1. The standard InChI is InChI=1S/C16H22N4/c1-3-18-16(14-10-17-11-20(14)2)13-8-4-6-12-7-5-9-19-15(12)13/h5,7,9-11,13,16,18H,3-4,6,8H2,1-2H3. The molecule has 2 atom stereocenters. The van der Waals surface area contributed by atoms with Crippen LogP contribution in [0.5, 0.6) is 0 Å².